The molecule has 0 radical (unpaired) electrons. The number of hydrogen-bond acceptors (Lipinski definition) is 6. The van der Waals surface area contributed by atoms with Gasteiger partial charge in [-0.1, -0.05) is 12.1 Å². The van der Waals surface area contributed by atoms with E-state index in [4.69, 9.17) is 9.47 Å². The smallest absolute Gasteiger partial charge is 0.259 e. The number of carbonyl (C=O) groups excluding carboxylic acids is 2. The molecule has 0 aromatic heterocycles. The van der Waals surface area contributed by atoms with Gasteiger partial charge < -0.3 is 20.1 Å². The minimum absolute atomic E-state index is 0.00439. The topological polar surface area (TPSA) is 114 Å². The molecule has 2 N–H and O–H groups in total. The number of hydrogen-bond donors (Lipinski definition) is 2. The van der Waals surface area contributed by atoms with Crippen LogP contribution in [0.1, 0.15) is 46.4 Å². The van der Waals surface area contributed by atoms with Gasteiger partial charge >= 0.3 is 0 Å². The second kappa shape index (κ2) is 10.5. The zero-order valence-electron chi connectivity index (χ0n) is 19.1. The number of anilines is 1. The van der Waals surface area contributed by atoms with Gasteiger partial charge in [0.15, 0.2) is 0 Å². The Morgan fingerprint density at radius 3 is 2.53 bits per heavy atom. The number of ether oxygens (including phenoxy) is 2. The molecule has 2 aromatic carbocycles. The molecule has 2 fully saturated rings. The molecule has 2 heterocycles. The Morgan fingerprint density at radius 1 is 1.06 bits per heavy atom. The van der Waals surface area contributed by atoms with Crippen LogP contribution in [0.2, 0.25) is 0 Å². The molecule has 0 unspecified atom stereocenters. The van der Waals surface area contributed by atoms with E-state index >= 15 is 0 Å². The second-order valence-corrected chi connectivity index (χ2v) is 10.3. The Labute approximate surface area is 199 Å². The number of carbonyl (C=O) groups is 2. The molecule has 2 aliphatic rings. The van der Waals surface area contributed by atoms with E-state index in [1.54, 1.807) is 24.3 Å². The quantitative estimate of drug-likeness (QED) is 0.592. The van der Waals surface area contributed by atoms with E-state index in [1.807, 2.05) is 0 Å². The maximum atomic E-state index is 13.2. The number of amides is 2. The minimum atomic E-state index is -3.71. The fourth-order valence-corrected chi connectivity index (χ4v) is 5.73. The van der Waals surface area contributed by atoms with Crippen molar-refractivity contribution in [2.75, 3.05) is 38.7 Å². The van der Waals surface area contributed by atoms with Crippen LogP contribution in [0.5, 0.6) is 5.75 Å². The number of benzene rings is 2. The molecule has 2 aromatic rings. The van der Waals surface area contributed by atoms with Crippen LogP contribution >= 0.6 is 0 Å². The predicted molar refractivity (Wildman–Crippen MR) is 127 cm³/mol. The molecule has 1 atom stereocenters. The maximum Gasteiger partial charge on any atom is 0.259 e. The molecule has 2 amide bonds. The van der Waals surface area contributed by atoms with Crippen molar-refractivity contribution in [3.05, 3.63) is 53.6 Å². The molecule has 0 saturated carbocycles. The third kappa shape index (κ3) is 5.24. The summed E-state index contributed by atoms with van der Waals surface area (Å²) in [4.78, 5) is 26.0. The van der Waals surface area contributed by atoms with Gasteiger partial charge in [0.25, 0.3) is 11.8 Å². The van der Waals surface area contributed by atoms with E-state index in [2.05, 4.69) is 10.6 Å². The molecule has 2 saturated heterocycles. The lowest BCUT2D eigenvalue weighted by Crippen LogP contribution is -2.32. The highest BCUT2D eigenvalue weighted by molar-refractivity contribution is 7.89. The lowest BCUT2D eigenvalue weighted by molar-refractivity contribution is 0.0858. The summed E-state index contributed by atoms with van der Waals surface area (Å²) in [5, 5.41) is 5.59. The van der Waals surface area contributed by atoms with Crippen molar-refractivity contribution in [3.63, 3.8) is 0 Å². The molecule has 10 heteroatoms. The zero-order chi connectivity index (χ0) is 24.1. The van der Waals surface area contributed by atoms with Crippen LogP contribution in [-0.2, 0) is 14.8 Å². The third-order valence-corrected chi connectivity index (χ3v) is 7.95. The predicted octanol–water partition coefficient (Wildman–Crippen LogP) is 2.64. The van der Waals surface area contributed by atoms with Crippen LogP contribution < -0.4 is 15.4 Å². The van der Waals surface area contributed by atoms with Crippen LogP contribution in [0, 0.1) is 0 Å². The molecule has 4 rings (SSSR count). The van der Waals surface area contributed by atoms with Crippen molar-refractivity contribution in [1.82, 2.24) is 9.62 Å². The summed E-state index contributed by atoms with van der Waals surface area (Å²) in [6, 6.07) is 10.9. The van der Waals surface area contributed by atoms with E-state index in [9.17, 15) is 18.0 Å². The second-order valence-electron chi connectivity index (χ2n) is 8.32. The highest BCUT2D eigenvalue weighted by Crippen LogP contribution is 2.28. The van der Waals surface area contributed by atoms with Crippen molar-refractivity contribution in [1.29, 1.82) is 0 Å². The molecular formula is C24H29N3O6S. The summed E-state index contributed by atoms with van der Waals surface area (Å²) >= 11 is 0. The average molecular weight is 488 g/mol. The average Bonchev–Trinajstić information content (AvgIpc) is 3.57. The summed E-state index contributed by atoms with van der Waals surface area (Å²) in [6.45, 7) is 2.02. The highest BCUT2D eigenvalue weighted by Gasteiger charge is 2.29. The normalized spacial score (nSPS) is 18.6. The first kappa shape index (κ1) is 24.2. The maximum absolute atomic E-state index is 13.2. The van der Waals surface area contributed by atoms with Gasteiger partial charge in [-0.05, 0) is 56.0 Å². The summed E-state index contributed by atoms with van der Waals surface area (Å²) in [6.07, 6.45) is 3.50. The fraction of sp³-hybridized carbons (Fsp3) is 0.417. The van der Waals surface area contributed by atoms with Gasteiger partial charge in [0.05, 0.1) is 34.9 Å². The number of nitrogens with one attached hydrogen (secondary N) is 2. The zero-order valence-corrected chi connectivity index (χ0v) is 19.9. The van der Waals surface area contributed by atoms with E-state index in [0.717, 1.165) is 25.7 Å². The monoisotopic (exact) mass is 487 g/mol. The number of methoxy groups -OCH3 is 1. The van der Waals surface area contributed by atoms with Crippen molar-refractivity contribution < 1.29 is 27.5 Å². The largest absolute Gasteiger partial charge is 0.496 e. The van der Waals surface area contributed by atoms with E-state index in [1.165, 1.54) is 29.6 Å². The molecule has 0 bridgehead atoms. The minimum Gasteiger partial charge on any atom is -0.496 e. The number of nitrogens with zero attached hydrogens (tertiary/aromatic N) is 1. The Bertz CT molecular complexity index is 1160. The first-order valence-electron chi connectivity index (χ1n) is 11.4. The summed E-state index contributed by atoms with van der Waals surface area (Å²) in [7, 11) is -2.30. The van der Waals surface area contributed by atoms with Crippen molar-refractivity contribution in [2.24, 2.45) is 0 Å². The standard InChI is InChI=1S/C24H29N3O6S/c1-32-22-11-10-18(34(30,31)27-12-4-5-13-27)15-20(22)24(29)26-21-9-3-2-8-19(21)23(28)25-16-17-7-6-14-33-17/h2-3,8-11,15,17H,4-7,12-14,16H2,1H3,(H,25,28)(H,26,29)/t17-/m1/s1. The molecular weight excluding hydrogens is 458 g/mol. The summed E-state index contributed by atoms with van der Waals surface area (Å²) in [5.74, 6) is -0.670. The Kier molecular flexibility index (Phi) is 7.50. The van der Waals surface area contributed by atoms with Crippen molar-refractivity contribution in [3.8, 4) is 5.75 Å². The van der Waals surface area contributed by atoms with Crippen LogP contribution in [0.15, 0.2) is 47.4 Å². The van der Waals surface area contributed by atoms with E-state index < -0.39 is 15.9 Å². The molecule has 2 aliphatic heterocycles. The molecule has 182 valence electrons. The van der Waals surface area contributed by atoms with Gasteiger partial charge in [-0.3, -0.25) is 9.59 Å². The molecule has 0 aliphatic carbocycles. The van der Waals surface area contributed by atoms with Crippen LogP contribution in [0.3, 0.4) is 0 Å². The van der Waals surface area contributed by atoms with E-state index in [0.29, 0.717) is 37.5 Å². The van der Waals surface area contributed by atoms with Crippen LogP contribution in [0.25, 0.3) is 0 Å². The summed E-state index contributed by atoms with van der Waals surface area (Å²) in [5.41, 5.74) is 0.679. The fourth-order valence-electron chi connectivity index (χ4n) is 4.19. The first-order chi connectivity index (χ1) is 16.4. The lowest BCUT2D eigenvalue weighted by atomic mass is 10.1. The molecule has 34 heavy (non-hydrogen) atoms. The third-order valence-electron chi connectivity index (χ3n) is 6.05. The van der Waals surface area contributed by atoms with E-state index in [-0.39, 0.29) is 28.2 Å². The van der Waals surface area contributed by atoms with Gasteiger partial charge in [0.1, 0.15) is 5.75 Å². The SMILES string of the molecule is COc1ccc(S(=O)(=O)N2CCCC2)cc1C(=O)Nc1ccccc1C(=O)NC[C@H]1CCCO1. The summed E-state index contributed by atoms with van der Waals surface area (Å²) < 4.78 is 38.2. The van der Waals surface area contributed by atoms with Crippen LogP contribution in [0.4, 0.5) is 5.69 Å². The highest BCUT2D eigenvalue weighted by atomic mass is 32.2. The van der Waals surface area contributed by atoms with Crippen molar-refractivity contribution in [2.45, 2.75) is 36.7 Å². The van der Waals surface area contributed by atoms with Gasteiger partial charge in [0.2, 0.25) is 10.0 Å². The number of sulfonamides is 1. The number of para-hydroxylation sites is 1. The first-order valence-corrected chi connectivity index (χ1v) is 12.8. The van der Waals surface area contributed by atoms with Crippen molar-refractivity contribution >= 4 is 27.5 Å². The lowest BCUT2D eigenvalue weighted by Gasteiger charge is -2.17. The van der Waals surface area contributed by atoms with Gasteiger partial charge in [-0.15, -0.1) is 0 Å². The number of rotatable bonds is 8. The van der Waals surface area contributed by atoms with Gasteiger partial charge in [-0.25, -0.2) is 8.42 Å². The van der Waals surface area contributed by atoms with Gasteiger partial charge in [-0.2, -0.15) is 4.31 Å². The molecule has 0 spiro atoms. The Morgan fingerprint density at radius 2 is 1.82 bits per heavy atom. The Hall–Kier alpha value is -2.95. The van der Waals surface area contributed by atoms with Crippen LogP contribution in [-0.4, -0.2) is 64.0 Å². The van der Waals surface area contributed by atoms with Gasteiger partial charge in [0, 0.05) is 26.2 Å². The Balaban J connectivity index is 1.55. The molecule has 9 nitrogen and oxygen atoms in total.